The molecule has 0 fully saturated rings. The Hall–Kier alpha value is -2.48. The summed E-state index contributed by atoms with van der Waals surface area (Å²) in [6, 6.07) is 0.600. The highest BCUT2D eigenvalue weighted by Gasteiger charge is 2.25. The summed E-state index contributed by atoms with van der Waals surface area (Å²) < 4.78 is 10.8. The molecular formula is C19H27N3O5. The van der Waals surface area contributed by atoms with Gasteiger partial charge >= 0.3 is 5.97 Å². The van der Waals surface area contributed by atoms with E-state index in [1.807, 2.05) is 34.6 Å². The zero-order valence-electron chi connectivity index (χ0n) is 16.6. The van der Waals surface area contributed by atoms with Crippen LogP contribution in [0.25, 0.3) is 11.1 Å². The molecule has 0 aliphatic heterocycles. The standard InChI is InChI=1S/C19H27N3O5/c1-10(2)14-9-12(15-11(3)22-27-17(15)21-14)16(23)20-13(18(24)25)7-8-26-19(4,5)6/h9-10,13H,7-8H2,1-6H3,(H,20,23)(H,24,25). The fraction of sp³-hybridized carbons (Fsp3) is 0.579. The largest absolute Gasteiger partial charge is 0.480 e. The van der Waals surface area contributed by atoms with Crippen LogP contribution in [0.1, 0.15) is 68.7 Å². The molecule has 2 rings (SSSR count). The third-order valence-corrected chi connectivity index (χ3v) is 4.02. The van der Waals surface area contributed by atoms with E-state index in [1.54, 1.807) is 13.0 Å². The summed E-state index contributed by atoms with van der Waals surface area (Å²) in [6.45, 7) is 11.5. The van der Waals surface area contributed by atoms with Gasteiger partial charge in [-0.15, -0.1) is 0 Å². The lowest BCUT2D eigenvalue weighted by Gasteiger charge is -2.21. The molecule has 0 aromatic carbocycles. The van der Waals surface area contributed by atoms with E-state index in [2.05, 4.69) is 15.5 Å². The Kier molecular flexibility index (Phi) is 6.20. The molecule has 8 nitrogen and oxygen atoms in total. The number of carboxylic acid groups (broad SMARTS) is 1. The van der Waals surface area contributed by atoms with Crippen LogP contribution >= 0.6 is 0 Å². The highest BCUT2D eigenvalue weighted by molar-refractivity contribution is 6.07. The topological polar surface area (TPSA) is 115 Å². The maximum atomic E-state index is 12.8. The Morgan fingerprint density at radius 2 is 2.00 bits per heavy atom. The Balaban J connectivity index is 2.27. The monoisotopic (exact) mass is 377 g/mol. The van der Waals surface area contributed by atoms with Gasteiger partial charge < -0.3 is 19.7 Å². The molecule has 2 aromatic heterocycles. The smallest absolute Gasteiger partial charge is 0.326 e. The van der Waals surface area contributed by atoms with Crippen LogP contribution in [0.4, 0.5) is 0 Å². The van der Waals surface area contributed by atoms with Crippen molar-refractivity contribution >= 4 is 23.0 Å². The van der Waals surface area contributed by atoms with Crippen LogP contribution in [0.5, 0.6) is 0 Å². The number of carbonyl (C=O) groups excluding carboxylic acids is 1. The molecular weight excluding hydrogens is 350 g/mol. The third kappa shape index (κ3) is 5.26. The lowest BCUT2D eigenvalue weighted by molar-refractivity contribution is -0.140. The molecule has 1 atom stereocenters. The van der Waals surface area contributed by atoms with Crippen LogP contribution in [-0.4, -0.2) is 45.4 Å². The average Bonchev–Trinajstić information content (AvgIpc) is 2.93. The van der Waals surface area contributed by atoms with Crippen molar-refractivity contribution in [3.63, 3.8) is 0 Å². The molecule has 1 amide bonds. The van der Waals surface area contributed by atoms with Gasteiger partial charge in [-0.1, -0.05) is 19.0 Å². The normalized spacial score (nSPS) is 13.1. The quantitative estimate of drug-likeness (QED) is 0.762. The number of hydrogen-bond acceptors (Lipinski definition) is 6. The van der Waals surface area contributed by atoms with Gasteiger partial charge in [0.2, 0.25) is 0 Å². The second kappa shape index (κ2) is 8.04. The minimum Gasteiger partial charge on any atom is -0.480 e. The number of fused-ring (bicyclic) bond motifs is 1. The molecule has 27 heavy (non-hydrogen) atoms. The summed E-state index contributed by atoms with van der Waals surface area (Å²) in [7, 11) is 0. The lowest BCUT2D eigenvalue weighted by Crippen LogP contribution is -2.42. The summed E-state index contributed by atoms with van der Waals surface area (Å²) in [6.07, 6.45) is 0.159. The van der Waals surface area contributed by atoms with Crippen LogP contribution in [0.15, 0.2) is 10.6 Å². The molecule has 8 heteroatoms. The van der Waals surface area contributed by atoms with Gasteiger partial charge in [0.15, 0.2) is 0 Å². The van der Waals surface area contributed by atoms with E-state index >= 15 is 0 Å². The van der Waals surface area contributed by atoms with Gasteiger partial charge in [0, 0.05) is 18.7 Å². The van der Waals surface area contributed by atoms with Crippen molar-refractivity contribution in [1.82, 2.24) is 15.5 Å². The first-order valence-electron chi connectivity index (χ1n) is 8.94. The van der Waals surface area contributed by atoms with Crippen molar-refractivity contribution in [2.24, 2.45) is 0 Å². The van der Waals surface area contributed by atoms with Crippen LogP contribution in [0.3, 0.4) is 0 Å². The molecule has 0 aliphatic carbocycles. The lowest BCUT2D eigenvalue weighted by atomic mass is 10.0. The maximum Gasteiger partial charge on any atom is 0.326 e. The van der Waals surface area contributed by atoms with Crippen molar-refractivity contribution in [1.29, 1.82) is 0 Å². The number of aliphatic carboxylic acids is 1. The molecule has 1 unspecified atom stereocenters. The van der Waals surface area contributed by atoms with Gasteiger partial charge in [-0.05, 0) is 39.7 Å². The Morgan fingerprint density at radius 3 is 2.56 bits per heavy atom. The van der Waals surface area contributed by atoms with E-state index < -0.39 is 17.9 Å². The number of pyridine rings is 1. The first-order valence-corrected chi connectivity index (χ1v) is 8.94. The zero-order valence-corrected chi connectivity index (χ0v) is 16.6. The van der Waals surface area contributed by atoms with Crippen LogP contribution in [-0.2, 0) is 9.53 Å². The van der Waals surface area contributed by atoms with Crippen LogP contribution in [0, 0.1) is 6.92 Å². The number of carboxylic acids is 1. The number of aryl methyl sites for hydroxylation is 1. The summed E-state index contributed by atoms with van der Waals surface area (Å²) in [5.41, 5.74) is 1.40. The molecule has 0 aliphatic rings. The predicted molar refractivity (Wildman–Crippen MR) is 99.8 cm³/mol. The maximum absolute atomic E-state index is 12.8. The number of carbonyl (C=O) groups is 2. The van der Waals surface area contributed by atoms with Gasteiger partial charge in [0.1, 0.15) is 6.04 Å². The summed E-state index contributed by atoms with van der Waals surface area (Å²) in [5.74, 6) is -1.54. The SMILES string of the molecule is Cc1noc2nc(C(C)C)cc(C(=O)NC(CCOC(C)(C)C)C(=O)O)c12. The average molecular weight is 377 g/mol. The van der Waals surface area contributed by atoms with E-state index in [4.69, 9.17) is 9.26 Å². The van der Waals surface area contributed by atoms with Crippen molar-refractivity contribution in [3.05, 3.63) is 23.0 Å². The Labute approximate surface area is 158 Å². The van der Waals surface area contributed by atoms with Crippen molar-refractivity contribution in [3.8, 4) is 0 Å². The summed E-state index contributed by atoms with van der Waals surface area (Å²) >= 11 is 0. The van der Waals surface area contributed by atoms with Gasteiger partial charge in [-0.25, -0.2) is 9.78 Å². The molecule has 0 bridgehead atoms. The Morgan fingerprint density at radius 1 is 1.33 bits per heavy atom. The minimum atomic E-state index is -1.11. The molecule has 0 spiro atoms. The minimum absolute atomic E-state index is 0.0711. The van der Waals surface area contributed by atoms with E-state index in [-0.39, 0.29) is 30.3 Å². The van der Waals surface area contributed by atoms with E-state index in [1.165, 1.54) is 0 Å². The zero-order chi connectivity index (χ0) is 20.4. The van der Waals surface area contributed by atoms with E-state index in [0.29, 0.717) is 22.3 Å². The number of rotatable bonds is 7. The molecule has 2 heterocycles. The highest BCUT2D eigenvalue weighted by atomic mass is 16.5. The van der Waals surface area contributed by atoms with Gasteiger partial charge in [0.05, 0.1) is 22.2 Å². The molecule has 0 radical (unpaired) electrons. The first kappa shape index (κ1) is 20.8. The van der Waals surface area contributed by atoms with Gasteiger partial charge in [0.25, 0.3) is 11.6 Å². The van der Waals surface area contributed by atoms with Crippen LogP contribution in [0.2, 0.25) is 0 Å². The molecule has 0 saturated carbocycles. The fourth-order valence-electron chi connectivity index (χ4n) is 2.56. The number of amides is 1. The van der Waals surface area contributed by atoms with Crippen molar-refractivity contribution in [2.75, 3.05) is 6.61 Å². The predicted octanol–water partition coefficient (Wildman–Crippen LogP) is 3.04. The second-order valence-corrected chi connectivity index (χ2v) is 7.81. The molecule has 2 N–H and O–H groups in total. The number of nitrogens with one attached hydrogen (secondary N) is 1. The van der Waals surface area contributed by atoms with Crippen molar-refractivity contribution in [2.45, 2.75) is 65.5 Å². The summed E-state index contributed by atoms with van der Waals surface area (Å²) in [5, 5.41) is 16.4. The number of nitrogens with zero attached hydrogens (tertiary/aromatic N) is 2. The number of ether oxygens (including phenoxy) is 1. The van der Waals surface area contributed by atoms with E-state index in [9.17, 15) is 14.7 Å². The fourth-order valence-corrected chi connectivity index (χ4v) is 2.56. The van der Waals surface area contributed by atoms with Crippen molar-refractivity contribution < 1.29 is 24.0 Å². The Bertz CT molecular complexity index is 836. The number of hydrogen-bond donors (Lipinski definition) is 2. The molecule has 148 valence electrons. The molecule has 0 saturated heterocycles. The number of aromatic nitrogens is 2. The first-order chi connectivity index (χ1) is 12.5. The molecule has 2 aromatic rings. The van der Waals surface area contributed by atoms with Crippen LogP contribution < -0.4 is 5.32 Å². The third-order valence-electron chi connectivity index (χ3n) is 4.02. The van der Waals surface area contributed by atoms with Gasteiger partial charge in [-0.3, -0.25) is 4.79 Å². The second-order valence-electron chi connectivity index (χ2n) is 7.81. The van der Waals surface area contributed by atoms with E-state index in [0.717, 1.165) is 0 Å². The van der Waals surface area contributed by atoms with Gasteiger partial charge in [-0.2, -0.15) is 0 Å². The summed E-state index contributed by atoms with van der Waals surface area (Å²) in [4.78, 5) is 28.8. The highest BCUT2D eigenvalue weighted by Crippen LogP contribution is 2.25.